The lowest BCUT2D eigenvalue weighted by Gasteiger charge is -2.21. The number of hydrogen-bond acceptors (Lipinski definition) is 5. The molecule has 2 aromatic carbocycles. The van der Waals surface area contributed by atoms with Crippen LogP contribution >= 0.6 is 23.8 Å². The second-order valence-corrected chi connectivity index (χ2v) is 9.62. The van der Waals surface area contributed by atoms with Gasteiger partial charge in [-0.3, -0.25) is 4.79 Å². The van der Waals surface area contributed by atoms with Crippen LogP contribution in [0.4, 0.5) is 5.69 Å². The lowest BCUT2D eigenvalue weighted by Crippen LogP contribution is -2.42. The molecule has 2 aromatic rings. The maximum absolute atomic E-state index is 12.8. The van der Waals surface area contributed by atoms with Crippen LogP contribution in [0.1, 0.15) is 38.2 Å². The van der Waals surface area contributed by atoms with E-state index in [1.807, 2.05) is 31.2 Å². The second-order valence-electron chi connectivity index (χ2n) is 7.03. The largest absolute Gasteiger partial charge is 0.469 e. The van der Waals surface area contributed by atoms with Crippen molar-refractivity contribution >= 4 is 50.5 Å². The number of unbranched alkanes of at least 4 members (excludes halogenated alkanes) is 1. The van der Waals surface area contributed by atoms with E-state index >= 15 is 0 Å². The van der Waals surface area contributed by atoms with Gasteiger partial charge in [0.05, 0.1) is 23.0 Å². The number of carbonyl (C=O) groups excluding carboxylic acids is 1. The van der Waals surface area contributed by atoms with Crippen molar-refractivity contribution < 1.29 is 17.9 Å². The van der Waals surface area contributed by atoms with Gasteiger partial charge in [-0.2, -0.15) is 0 Å². The van der Waals surface area contributed by atoms with E-state index < -0.39 is 16.1 Å². The highest BCUT2D eigenvalue weighted by atomic mass is 35.5. The standard InChI is InChI=1S/C22H27ClN2O4S2/c1-3-4-5-20(25-31(27,28)19-13-9-17(23)10-14-19)22(30)24-18-11-6-16(7-12-18)8-15-21(26)29-2/h6-7,9-14,20,25H,3-5,8,15H2,1-2H3,(H,24,30)/t20-/m0/s1. The molecule has 9 heteroatoms. The Morgan fingerprint density at radius 2 is 1.77 bits per heavy atom. The summed E-state index contributed by atoms with van der Waals surface area (Å²) >= 11 is 11.4. The summed E-state index contributed by atoms with van der Waals surface area (Å²) in [7, 11) is -2.38. The Balaban J connectivity index is 2.07. The SMILES string of the molecule is CCCC[C@H](NS(=O)(=O)c1ccc(Cl)cc1)C(=S)Nc1ccc(CCC(=O)OC)cc1. The van der Waals surface area contributed by atoms with Crippen molar-refractivity contribution in [1.29, 1.82) is 0 Å². The van der Waals surface area contributed by atoms with Gasteiger partial charge in [0.25, 0.3) is 0 Å². The maximum atomic E-state index is 12.8. The van der Waals surface area contributed by atoms with Gasteiger partial charge < -0.3 is 10.1 Å². The zero-order chi connectivity index (χ0) is 22.9. The van der Waals surface area contributed by atoms with E-state index in [1.165, 1.54) is 31.4 Å². The molecule has 1 atom stereocenters. The molecule has 168 valence electrons. The summed E-state index contributed by atoms with van der Waals surface area (Å²) in [6, 6.07) is 12.9. The number of esters is 1. The lowest BCUT2D eigenvalue weighted by atomic mass is 10.1. The molecule has 0 aliphatic rings. The smallest absolute Gasteiger partial charge is 0.305 e. The zero-order valence-electron chi connectivity index (χ0n) is 17.6. The molecule has 0 aliphatic heterocycles. The van der Waals surface area contributed by atoms with Crippen LogP contribution in [0.25, 0.3) is 0 Å². The van der Waals surface area contributed by atoms with Crippen LogP contribution in [0.15, 0.2) is 53.4 Å². The number of hydrogen-bond donors (Lipinski definition) is 2. The Kier molecular flexibility index (Phi) is 9.90. The Hall–Kier alpha value is -2.00. The van der Waals surface area contributed by atoms with E-state index in [0.717, 1.165) is 24.1 Å². The summed E-state index contributed by atoms with van der Waals surface area (Å²) in [5, 5.41) is 3.60. The van der Waals surface area contributed by atoms with Crippen LogP contribution in [-0.4, -0.2) is 32.5 Å². The van der Waals surface area contributed by atoms with Gasteiger partial charge in [0.2, 0.25) is 10.0 Å². The van der Waals surface area contributed by atoms with Gasteiger partial charge in [0.1, 0.15) is 0 Å². The molecule has 0 aliphatic carbocycles. The Labute approximate surface area is 194 Å². The third-order valence-corrected chi connectivity index (χ3v) is 6.78. The van der Waals surface area contributed by atoms with Crippen molar-refractivity contribution in [3.63, 3.8) is 0 Å². The number of ether oxygens (including phenoxy) is 1. The Morgan fingerprint density at radius 1 is 1.13 bits per heavy atom. The van der Waals surface area contributed by atoms with Crippen molar-refractivity contribution in [2.45, 2.75) is 50.0 Å². The Bertz CT molecular complexity index is 978. The maximum Gasteiger partial charge on any atom is 0.305 e. The van der Waals surface area contributed by atoms with Crippen LogP contribution in [0.3, 0.4) is 0 Å². The van der Waals surface area contributed by atoms with Gasteiger partial charge in [-0.1, -0.05) is 55.7 Å². The van der Waals surface area contributed by atoms with Crippen molar-refractivity contribution in [3.8, 4) is 0 Å². The first-order valence-electron chi connectivity index (χ1n) is 9.99. The molecule has 0 bridgehead atoms. The monoisotopic (exact) mass is 482 g/mol. The van der Waals surface area contributed by atoms with E-state index in [-0.39, 0.29) is 10.9 Å². The number of benzene rings is 2. The average molecular weight is 483 g/mol. The number of rotatable bonds is 11. The number of aryl methyl sites for hydroxylation is 1. The van der Waals surface area contributed by atoms with Gasteiger partial charge in [-0.05, 0) is 54.8 Å². The summed E-state index contributed by atoms with van der Waals surface area (Å²) < 4.78 is 32.9. The van der Waals surface area contributed by atoms with E-state index in [1.54, 1.807) is 0 Å². The molecule has 0 heterocycles. The molecule has 0 saturated carbocycles. The predicted molar refractivity (Wildman–Crippen MR) is 128 cm³/mol. The molecule has 0 radical (unpaired) electrons. The van der Waals surface area contributed by atoms with Gasteiger partial charge in [-0.15, -0.1) is 0 Å². The number of sulfonamides is 1. The topological polar surface area (TPSA) is 84.5 Å². The molecular formula is C22H27ClN2O4S2. The fraction of sp³-hybridized carbons (Fsp3) is 0.364. The summed E-state index contributed by atoms with van der Waals surface area (Å²) in [5.74, 6) is -0.255. The molecule has 31 heavy (non-hydrogen) atoms. The van der Waals surface area contributed by atoms with Crippen LogP contribution in [-0.2, 0) is 26.0 Å². The Morgan fingerprint density at radius 3 is 2.35 bits per heavy atom. The molecule has 0 fully saturated rings. The van der Waals surface area contributed by atoms with Crippen LogP contribution < -0.4 is 10.0 Å². The zero-order valence-corrected chi connectivity index (χ0v) is 19.9. The number of carbonyl (C=O) groups is 1. The third-order valence-electron chi connectivity index (χ3n) is 4.65. The van der Waals surface area contributed by atoms with Crippen molar-refractivity contribution in [2.75, 3.05) is 12.4 Å². The summed E-state index contributed by atoms with van der Waals surface area (Å²) in [4.78, 5) is 11.8. The van der Waals surface area contributed by atoms with Crippen LogP contribution in [0.2, 0.25) is 5.02 Å². The second kappa shape index (κ2) is 12.1. The van der Waals surface area contributed by atoms with Crippen molar-refractivity contribution in [2.24, 2.45) is 0 Å². The molecule has 6 nitrogen and oxygen atoms in total. The first-order chi connectivity index (χ1) is 14.7. The average Bonchev–Trinajstić information content (AvgIpc) is 2.76. The summed E-state index contributed by atoms with van der Waals surface area (Å²) in [6.07, 6.45) is 3.20. The number of thiocarbonyl (C=S) groups is 1. The highest BCUT2D eigenvalue weighted by Crippen LogP contribution is 2.17. The molecule has 0 amide bonds. The van der Waals surface area contributed by atoms with E-state index in [4.69, 9.17) is 23.8 Å². The van der Waals surface area contributed by atoms with Crippen LogP contribution in [0, 0.1) is 0 Å². The number of halogens is 1. The van der Waals surface area contributed by atoms with Gasteiger partial charge >= 0.3 is 5.97 Å². The van der Waals surface area contributed by atoms with Gasteiger partial charge in [-0.25, -0.2) is 13.1 Å². The summed E-state index contributed by atoms with van der Waals surface area (Å²) in [6.45, 7) is 2.04. The fourth-order valence-electron chi connectivity index (χ4n) is 2.85. The predicted octanol–water partition coefficient (Wildman–Crippen LogP) is 4.72. The normalized spacial score (nSPS) is 12.2. The van der Waals surface area contributed by atoms with Crippen LogP contribution in [0.5, 0.6) is 0 Å². The summed E-state index contributed by atoms with van der Waals surface area (Å²) in [5.41, 5.74) is 1.74. The first kappa shape index (κ1) is 25.3. The molecule has 2 rings (SSSR count). The highest BCUT2D eigenvalue weighted by molar-refractivity contribution is 7.89. The minimum Gasteiger partial charge on any atom is -0.469 e. The third kappa shape index (κ3) is 8.22. The molecule has 0 saturated heterocycles. The first-order valence-corrected chi connectivity index (χ1v) is 12.3. The lowest BCUT2D eigenvalue weighted by molar-refractivity contribution is -0.140. The van der Waals surface area contributed by atoms with E-state index in [9.17, 15) is 13.2 Å². The van der Waals surface area contributed by atoms with E-state index in [0.29, 0.717) is 29.3 Å². The molecular weight excluding hydrogens is 456 g/mol. The fourth-order valence-corrected chi connectivity index (χ4v) is 4.59. The minimum absolute atomic E-state index is 0.135. The number of anilines is 1. The molecule has 2 N–H and O–H groups in total. The van der Waals surface area contributed by atoms with Crippen molar-refractivity contribution in [3.05, 3.63) is 59.1 Å². The number of methoxy groups -OCH3 is 1. The van der Waals surface area contributed by atoms with Gasteiger partial charge in [0.15, 0.2) is 0 Å². The highest BCUT2D eigenvalue weighted by Gasteiger charge is 2.23. The number of nitrogens with one attached hydrogen (secondary N) is 2. The quantitative estimate of drug-likeness (QED) is 0.356. The van der Waals surface area contributed by atoms with Gasteiger partial charge in [0, 0.05) is 17.1 Å². The molecule has 0 spiro atoms. The molecule has 0 unspecified atom stereocenters. The molecule has 0 aromatic heterocycles. The van der Waals surface area contributed by atoms with Crippen molar-refractivity contribution in [1.82, 2.24) is 4.72 Å². The van der Waals surface area contributed by atoms with E-state index in [2.05, 4.69) is 14.8 Å². The minimum atomic E-state index is -3.75.